The number of carboxylic acids is 2. The lowest BCUT2D eigenvalue weighted by Crippen LogP contribution is -2.48. The van der Waals surface area contributed by atoms with Crippen molar-refractivity contribution in [1.29, 1.82) is 0 Å². The molecule has 7 nitrogen and oxygen atoms in total. The smallest absolute Gasteiger partial charge is 0.326 e. The van der Waals surface area contributed by atoms with Gasteiger partial charge in [-0.25, -0.2) is 9.59 Å². The largest absolute Gasteiger partial charge is 0.481 e. The fourth-order valence-corrected chi connectivity index (χ4v) is 1.05. The first-order valence-corrected chi connectivity index (χ1v) is 4.85. The Hall–Kier alpha value is -2.23. The Balaban J connectivity index is 4.54. The summed E-state index contributed by atoms with van der Waals surface area (Å²) >= 11 is 0. The van der Waals surface area contributed by atoms with Crippen molar-refractivity contribution >= 4 is 18.0 Å². The predicted molar refractivity (Wildman–Crippen MR) is 58.3 cm³/mol. The van der Waals surface area contributed by atoms with Crippen molar-refractivity contribution in [3.63, 3.8) is 0 Å². The first kappa shape index (κ1) is 14.8. The number of nitrogens with one attached hydrogen (secondary N) is 1. The number of urea groups is 1. The summed E-state index contributed by atoms with van der Waals surface area (Å²) in [5.41, 5.74) is 0. The van der Waals surface area contributed by atoms with Gasteiger partial charge in [0.05, 0.1) is 13.0 Å². The molecular formula is C10H14N2O5. The minimum atomic E-state index is -1.47. The van der Waals surface area contributed by atoms with E-state index in [0.717, 1.165) is 0 Å². The van der Waals surface area contributed by atoms with Crippen molar-refractivity contribution in [3.8, 4) is 12.3 Å². The molecule has 17 heavy (non-hydrogen) atoms. The van der Waals surface area contributed by atoms with E-state index in [1.165, 1.54) is 4.90 Å². The van der Waals surface area contributed by atoms with E-state index in [0.29, 0.717) is 6.54 Å². The molecule has 3 N–H and O–H groups in total. The van der Waals surface area contributed by atoms with Gasteiger partial charge in [-0.05, 0) is 6.92 Å². The highest BCUT2D eigenvalue weighted by molar-refractivity contribution is 5.86. The van der Waals surface area contributed by atoms with Crippen LogP contribution >= 0.6 is 0 Å². The van der Waals surface area contributed by atoms with Crippen molar-refractivity contribution in [2.75, 3.05) is 13.1 Å². The third-order valence-electron chi connectivity index (χ3n) is 1.93. The SMILES string of the molecule is C#CCN(CC)C(=O)N[C@@H](CC(=O)O)C(=O)O. The summed E-state index contributed by atoms with van der Waals surface area (Å²) in [5, 5.41) is 19.3. The molecule has 0 spiro atoms. The van der Waals surface area contributed by atoms with Crippen LogP contribution in [0.5, 0.6) is 0 Å². The number of carbonyl (C=O) groups is 3. The summed E-state index contributed by atoms with van der Waals surface area (Å²) in [6.07, 6.45) is 4.35. The van der Waals surface area contributed by atoms with Crippen molar-refractivity contribution in [3.05, 3.63) is 0 Å². The molecule has 2 amide bonds. The van der Waals surface area contributed by atoms with E-state index in [1.54, 1.807) is 6.92 Å². The Bertz CT molecular complexity index is 347. The van der Waals surface area contributed by atoms with E-state index in [2.05, 4.69) is 11.2 Å². The number of carbonyl (C=O) groups excluding carboxylic acids is 1. The Morgan fingerprint density at radius 1 is 1.41 bits per heavy atom. The molecule has 94 valence electrons. The molecule has 0 aliphatic carbocycles. The maximum Gasteiger partial charge on any atom is 0.326 e. The molecular weight excluding hydrogens is 228 g/mol. The van der Waals surface area contributed by atoms with Crippen LogP contribution in [0.1, 0.15) is 13.3 Å². The van der Waals surface area contributed by atoms with Crippen LogP contribution in [0, 0.1) is 12.3 Å². The molecule has 0 aromatic carbocycles. The topological polar surface area (TPSA) is 107 Å². The lowest BCUT2D eigenvalue weighted by Gasteiger charge is -2.21. The maximum atomic E-state index is 11.5. The van der Waals surface area contributed by atoms with Gasteiger partial charge in [-0.2, -0.15) is 0 Å². The van der Waals surface area contributed by atoms with E-state index >= 15 is 0 Å². The number of amides is 2. The molecule has 0 saturated carbocycles. The number of aliphatic carboxylic acids is 2. The zero-order chi connectivity index (χ0) is 13.4. The fraction of sp³-hybridized carbons (Fsp3) is 0.500. The van der Waals surface area contributed by atoms with Gasteiger partial charge in [0.25, 0.3) is 0 Å². The van der Waals surface area contributed by atoms with Crippen LogP contribution in [0.2, 0.25) is 0 Å². The predicted octanol–water partition coefficient (Wildman–Crippen LogP) is -0.421. The summed E-state index contributed by atoms with van der Waals surface area (Å²) in [5.74, 6) is -0.469. The third-order valence-corrected chi connectivity index (χ3v) is 1.93. The zero-order valence-corrected chi connectivity index (χ0v) is 9.34. The molecule has 0 fully saturated rings. The molecule has 0 aromatic rings. The molecule has 0 aliphatic heterocycles. The summed E-state index contributed by atoms with van der Waals surface area (Å²) in [6, 6.07) is -2.16. The first-order chi connectivity index (χ1) is 7.92. The summed E-state index contributed by atoms with van der Waals surface area (Å²) in [7, 11) is 0. The normalized spacial score (nSPS) is 11.1. The van der Waals surface area contributed by atoms with Crippen molar-refractivity contribution in [2.45, 2.75) is 19.4 Å². The fourth-order valence-electron chi connectivity index (χ4n) is 1.05. The molecule has 0 aliphatic rings. The van der Waals surface area contributed by atoms with Gasteiger partial charge >= 0.3 is 18.0 Å². The molecule has 0 aromatic heterocycles. The second-order valence-electron chi connectivity index (χ2n) is 3.16. The van der Waals surface area contributed by atoms with Crippen LogP contribution in [0.15, 0.2) is 0 Å². The van der Waals surface area contributed by atoms with Gasteiger partial charge in [0.2, 0.25) is 0 Å². The summed E-state index contributed by atoms with van der Waals surface area (Å²) < 4.78 is 0. The monoisotopic (exact) mass is 242 g/mol. The highest BCUT2D eigenvalue weighted by Crippen LogP contribution is 1.96. The van der Waals surface area contributed by atoms with Gasteiger partial charge in [-0.3, -0.25) is 4.79 Å². The standard InChI is InChI=1S/C10H14N2O5/c1-3-5-12(4-2)10(17)11-7(9(15)16)6-8(13)14/h1,7H,4-6H2,2H3,(H,11,17)(H,13,14)(H,15,16)/t7-/m0/s1. The van der Waals surface area contributed by atoms with Crippen LogP contribution in [-0.2, 0) is 9.59 Å². The van der Waals surface area contributed by atoms with Crippen LogP contribution in [0.4, 0.5) is 4.79 Å². The van der Waals surface area contributed by atoms with Gasteiger partial charge < -0.3 is 20.4 Å². The quantitative estimate of drug-likeness (QED) is 0.548. The Labute approximate surface area is 98.4 Å². The Morgan fingerprint density at radius 2 is 2.00 bits per heavy atom. The maximum absolute atomic E-state index is 11.5. The molecule has 0 heterocycles. The number of terminal acetylenes is 1. The minimum Gasteiger partial charge on any atom is -0.481 e. The van der Waals surface area contributed by atoms with Crippen LogP contribution in [0.25, 0.3) is 0 Å². The van der Waals surface area contributed by atoms with Crippen LogP contribution < -0.4 is 5.32 Å². The van der Waals surface area contributed by atoms with Gasteiger partial charge in [0.1, 0.15) is 6.04 Å². The second-order valence-corrected chi connectivity index (χ2v) is 3.16. The van der Waals surface area contributed by atoms with Crippen molar-refractivity contribution < 1.29 is 24.6 Å². The lowest BCUT2D eigenvalue weighted by atomic mass is 10.2. The van der Waals surface area contributed by atoms with E-state index in [4.69, 9.17) is 16.6 Å². The minimum absolute atomic E-state index is 0.0295. The summed E-state index contributed by atoms with van der Waals surface area (Å²) in [6.45, 7) is 2.00. The highest BCUT2D eigenvalue weighted by atomic mass is 16.4. The molecule has 0 rings (SSSR count). The number of hydrogen-bond acceptors (Lipinski definition) is 3. The first-order valence-electron chi connectivity index (χ1n) is 4.85. The number of nitrogens with zero attached hydrogens (tertiary/aromatic N) is 1. The average molecular weight is 242 g/mol. The van der Waals surface area contributed by atoms with Crippen LogP contribution in [0.3, 0.4) is 0 Å². The van der Waals surface area contributed by atoms with E-state index < -0.39 is 30.4 Å². The number of carboxylic acid groups (broad SMARTS) is 2. The number of hydrogen-bond donors (Lipinski definition) is 3. The molecule has 0 bridgehead atoms. The Morgan fingerprint density at radius 3 is 2.35 bits per heavy atom. The lowest BCUT2D eigenvalue weighted by molar-refractivity contribution is -0.145. The van der Waals surface area contributed by atoms with Gasteiger partial charge in [0.15, 0.2) is 0 Å². The highest BCUT2D eigenvalue weighted by Gasteiger charge is 2.24. The molecule has 0 saturated heterocycles. The van der Waals surface area contributed by atoms with Crippen molar-refractivity contribution in [1.82, 2.24) is 10.2 Å². The molecule has 0 radical (unpaired) electrons. The van der Waals surface area contributed by atoms with E-state index in [-0.39, 0.29) is 6.54 Å². The second kappa shape index (κ2) is 7.11. The third kappa shape index (κ3) is 5.41. The summed E-state index contributed by atoms with van der Waals surface area (Å²) in [4.78, 5) is 33.8. The van der Waals surface area contributed by atoms with Gasteiger partial charge in [0, 0.05) is 6.54 Å². The zero-order valence-electron chi connectivity index (χ0n) is 9.34. The van der Waals surface area contributed by atoms with Crippen molar-refractivity contribution in [2.24, 2.45) is 0 Å². The molecule has 1 atom stereocenters. The van der Waals surface area contributed by atoms with E-state index in [1.807, 2.05) is 0 Å². The van der Waals surface area contributed by atoms with Crippen LogP contribution in [-0.4, -0.2) is 52.2 Å². The average Bonchev–Trinajstić information content (AvgIpc) is 2.23. The Kier molecular flexibility index (Phi) is 6.18. The molecule has 0 unspecified atom stereocenters. The van der Waals surface area contributed by atoms with E-state index in [9.17, 15) is 14.4 Å². The molecule has 7 heteroatoms. The van der Waals surface area contributed by atoms with Gasteiger partial charge in [-0.1, -0.05) is 5.92 Å². The number of rotatable bonds is 6. The van der Waals surface area contributed by atoms with Gasteiger partial charge in [-0.15, -0.1) is 6.42 Å².